The van der Waals surface area contributed by atoms with Gasteiger partial charge in [-0.05, 0) is 67.7 Å². The van der Waals surface area contributed by atoms with Crippen LogP contribution in [0.1, 0.15) is 27.9 Å². The predicted octanol–water partition coefficient (Wildman–Crippen LogP) is 2.45. The van der Waals surface area contributed by atoms with Crippen molar-refractivity contribution >= 4 is 17.5 Å². The number of hydrogen-bond donors (Lipinski definition) is 6. The number of methoxy groups -OCH3 is 1. The van der Waals surface area contributed by atoms with Gasteiger partial charge in [-0.15, -0.1) is 0 Å². The van der Waals surface area contributed by atoms with Crippen LogP contribution in [-0.4, -0.2) is 88.4 Å². The number of Topliss-reactive ketones (excluding diaryl/α,β-unsaturated/α-hetero) is 2. The highest BCUT2D eigenvalue weighted by Crippen LogP contribution is 2.53. The SMILES string of the molecule is COc1ccc(CNCC(F)(F)F)cc1-c1ccc(O)c2c1C[C@@H]1C[C@H]3C(N(C)C)C(O)=C(C(N)=O)C(=O)[C@]3(O)C(O)=C1C2=O. The summed E-state index contributed by atoms with van der Waals surface area (Å²) in [5.41, 5.74) is 2.91. The van der Waals surface area contributed by atoms with E-state index in [9.17, 15) is 48.0 Å². The van der Waals surface area contributed by atoms with Gasteiger partial charge in [0.2, 0.25) is 5.78 Å². The van der Waals surface area contributed by atoms with Gasteiger partial charge in [0.05, 0.1) is 25.3 Å². The molecule has 11 nitrogen and oxygen atoms in total. The van der Waals surface area contributed by atoms with Gasteiger partial charge in [0.1, 0.15) is 28.6 Å². The quantitative estimate of drug-likeness (QED) is 0.248. The average molecular weight is 632 g/mol. The highest BCUT2D eigenvalue weighted by molar-refractivity contribution is 6.25. The van der Waals surface area contributed by atoms with Gasteiger partial charge in [-0.1, -0.05) is 12.1 Å². The predicted molar refractivity (Wildman–Crippen MR) is 153 cm³/mol. The Hall–Kier alpha value is -4.40. The lowest BCUT2D eigenvalue weighted by atomic mass is 9.58. The summed E-state index contributed by atoms with van der Waals surface area (Å²) >= 11 is 0. The summed E-state index contributed by atoms with van der Waals surface area (Å²) in [5, 5.41) is 47.4. The first kappa shape index (κ1) is 32.0. The van der Waals surface area contributed by atoms with Crippen molar-refractivity contribution in [3.05, 3.63) is 69.7 Å². The molecule has 5 rings (SSSR count). The molecule has 2 aromatic rings. The number of benzene rings is 2. The Kier molecular flexibility index (Phi) is 7.96. The van der Waals surface area contributed by atoms with Crippen molar-refractivity contribution in [3.63, 3.8) is 0 Å². The Bertz CT molecular complexity index is 1680. The van der Waals surface area contributed by atoms with Gasteiger partial charge in [-0.3, -0.25) is 19.3 Å². The molecule has 2 aromatic carbocycles. The molecule has 0 radical (unpaired) electrons. The number of halogens is 3. The van der Waals surface area contributed by atoms with Gasteiger partial charge in [-0.25, -0.2) is 0 Å². The highest BCUT2D eigenvalue weighted by Gasteiger charge is 2.63. The summed E-state index contributed by atoms with van der Waals surface area (Å²) in [5.74, 6) is -7.27. The molecule has 0 bridgehead atoms. The topological polar surface area (TPSA) is 183 Å². The van der Waals surface area contributed by atoms with Crippen molar-refractivity contribution in [1.82, 2.24) is 10.2 Å². The molecule has 3 aliphatic rings. The van der Waals surface area contributed by atoms with E-state index in [0.717, 1.165) is 0 Å². The Morgan fingerprint density at radius 3 is 2.42 bits per heavy atom. The van der Waals surface area contributed by atoms with E-state index in [1.807, 2.05) is 0 Å². The second-order valence-corrected chi connectivity index (χ2v) is 11.7. The number of carbonyl (C=O) groups excluding carboxylic acids is 3. The maximum absolute atomic E-state index is 14.0. The molecule has 0 spiro atoms. The first-order valence-electron chi connectivity index (χ1n) is 14.0. The number of nitrogens with zero attached hydrogens (tertiary/aromatic N) is 1. The molecule has 0 heterocycles. The Morgan fingerprint density at radius 1 is 1.13 bits per heavy atom. The van der Waals surface area contributed by atoms with E-state index < -0.39 is 76.5 Å². The van der Waals surface area contributed by atoms with Gasteiger partial charge in [0.25, 0.3) is 5.91 Å². The molecule has 7 N–H and O–H groups in total. The number of aliphatic hydroxyl groups is 3. The van der Waals surface area contributed by atoms with Crippen molar-refractivity contribution in [2.75, 3.05) is 27.7 Å². The van der Waals surface area contributed by atoms with E-state index in [1.54, 1.807) is 24.3 Å². The van der Waals surface area contributed by atoms with Gasteiger partial charge in [0.15, 0.2) is 11.4 Å². The van der Waals surface area contributed by atoms with Crippen LogP contribution >= 0.6 is 0 Å². The van der Waals surface area contributed by atoms with Crippen LogP contribution in [-0.2, 0) is 22.6 Å². The normalized spacial score (nSPS) is 24.8. The number of phenols is 1. The zero-order valence-corrected chi connectivity index (χ0v) is 24.5. The lowest BCUT2D eigenvalue weighted by molar-refractivity contribution is -0.148. The largest absolute Gasteiger partial charge is 0.510 e. The molecule has 3 aliphatic carbocycles. The van der Waals surface area contributed by atoms with E-state index in [1.165, 1.54) is 32.2 Å². The standard InChI is InChI=1S/C31H32F3N3O8/c1-37(2)24-18-10-14-9-17-15(16-8-13(4-7-20(16)45-3)11-36-12-30(32,33)34)5-6-19(38)22(17)25(39)21(14)27(41)31(18,44)28(42)23(26(24)40)29(35)43/h4-8,14,18,24,36,38,40-41,44H,9-12H2,1-3H3,(H2,35,43)/t14-,18+,24?,31-/m1/s1. The number of aliphatic hydroxyl groups excluding tert-OH is 2. The number of fused-ring (bicyclic) bond motifs is 3. The lowest BCUT2D eigenvalue weighted by Gasteiger charge is -2.50. The maximum atomic E-state index is 14.0. The zero-order chi connectivity index (χ0) is 33.2. The van der Waals surface area contributed by atoms with E-state index >= 15 is 0 Å². The molecule has 240 valence electrons. The number of phenolic OH excluding ortho intramolecular Hbond substituents is 1. The number of hydrogen-bond acceptors (Lipinski definition) is 10. The van der Waals surface area contributed by atoms with Crippen LogP contribution in [0.4, 0.5) is 13.2 Å². The molecule has 0 saturated heterocycles. The molecule has 0 fully saturated rings. The molecular formula is C31H32F3N3O8. The number of carbonyl (C=O) groups is 3. The Balaban J connectivity index is 1.65. The van der Waals surface area contributed by atoms with E-state index in [4.69, 9.17) is 10.5 Å². The third-order valence-corrected chi connectivity index (χ3v) is 8.81. The van der Waals surface area contributed by atoms with Crippen molar-refractivity contribution < 1.29 is 52.7 Å². The second-order valence-electron chi connectivity index (χ2n) is 11.7. The van der Waals surface area contributed by atoms with E-state index in [-0.39, 0.29) is 30.5 Å². The summed E-state index contributed by atoms with van der Waals surface area (Å²) in [6.45, 7) is -1.32. The molecule has 0 aromatic heterocycles. The van der Waals surface area contributed by atoms with E-state index in [0.29, 0.717) is 28.0 Å². The number of rotatable bonds is 7. The van der Waals surface area contributed by atoms with Gasteiger partial charge >= 0.3 is 6.18 Å². The van der Waals surface area contributed by atoms with E-state index in [2.05, 4.69) is 5.32 Å². The van der Waals surface area contributed by atoms with Gasteiger partial charge in [-0.2, -0.15) is 13.2 Å². The number of primary amides is 1. The Labute approximate surface area is 255 Å². The smallest absolute Gasteiger partial charge is 0.401 e. The number of aromatic hydroxyl groups is 1. The number of likely N-dealkylation sites (N-methyl/N-ethyl adjacent to an activating group) is 1. The minimum Gasteiger partial charge on any atom is -0.510 e. The summed E-state index contributed by atoms with van der Waals surface area (Å²) in [7, 11) is 4.47. The summed E-state index contributed by atoms with van der Waals surface area (Å²) in [4.78, 5) is 41.1. The van der Waals surface area contributed by atoms with Crippen LogP contribution < -0.4 is 15.8 Å². The average Bonchev–Trinajstić information content (AvgIpc) is 2.94. The van der Waals surface area contributed by atoms with Crippen LogP contribution in [0, 0.1) is 11.8 Å². The van der Waals surface area contributed by atoms with Crippen molar-refractivity contribution in [2.24, 2.45) is 17.6 Å². The fraction of sp³-hybridized carbons (Fsp3) is 0.387. The number of nitrogens with one attached hydrogen (secondary N) is 1. The van der Waals surface area contributed by atoms with Crippen molar-refractivity contribution in [3.8, 4) is 22.6 Å². The zero-order valence-electron chi connectivity index (χ0n) is 24.5. The van der Waals surface area contributed by atoms with Crippen LogP contribution in [0.2, 0.25) is 0 Å². The number of ether oxygens (including phenoxy) is 1. The summed E-state index contributed by atoms with van der Waals surface area (Å²) in [6.07, 6.45) is -4.48. The maximum Gasteiger partial charge on any atom is 0.401 e. The second kappa shape index (κ2) is 11.2. The molecule has 1 unspecified atom stereocenters. The first-order chi connectivity index (χ1) is 21.0. The van der Waals surface area contributed by atoms with Crippen LogP contribution in [0.15, 0.2) is 53.0 Å². The number of nitrogens with two attached hydrogens (primary N) is 1. The number of allylic oxidation sites excluding steroid dienone is 1. The lowest BCUT2D eigenvalue weighted by Crippen LogP contribution is -2.63. The number of ketones is 2. The van der Waals surface area contributed by atoms with Crippen molar-refractivity contribution in [2.45, 2.75) is 37.2 Å². The fourth-order valence-electron chi connectivity index (χ4n) is 6.93. The minimum absolute atomic E-state index is 0.0258. The molecule has 45 heavy (non-hydrogen) atoms. The molecule has 4 atom stereocenters. The Morgan fingerprint density at radius 2 is 1.82 bits per heavy atom. The van der Waals surface area contributed by atoms with Crippen LogP contribution in [0.25, 0.3) is 11.1 Å². The molecule has 1 amide bonds. The third kappa shape index (κ3) is 5.12. The molecular weight excluding hydrogens is 599 g/mol. The summed E-state index contributed by atoms with van der Waals surface area (Å²) < 4.78 is 43.6. The third-order valence-electron chi connectivity index (χ3n) is 8.81. The number of alkyl halides is 3. The monoisotopic (exact) mass is 631 g/mol. The fourth-order valence-corrected chi connectivity index (χ4v) is 6.93. The van der Waals surface area contributed by atoms with Gasteiger partial charge < -0.3 is 36.2 Å². The highest BCUT2D eigenvalue weighted by atomic mass is 19.4. The van der Waals surface area contributed by atoms with Crippen molar-refractivity contribution in [1.29, 1.82) is 0 Å². The summed E-state index contributed by atoms with van der Waals surface area (Å²) in [6, 6.07) is 6.42. The number of amides is 1. The van der Waals surface area contributed by atoms with Gasteiger partial charge in [0, 0.05) is 23.6 Å². The molecule has 0 aliphatic heterocycles. The van der Waals surface area contributed by atoms with Crippen LogP contribution in [0.5, 0.6) is 11.5 Å². The molecule has 0 saturated carbocycles. The van der Waals surface area contributed by atoms with Crippen LogP contribution in [0.3, 0.4) is 0 Å². The minimum atomic E-state index is -4.41. The molecule has 14 heteroatoms. The first-order valence-corrected chi connectivity index (χ1v) is 14.0.